The van der Waals surface area contributed by atoms with E-state index in [0.29, 0.717) is 6.54 Å². The first-order valence-corrected chi connectivity index (χ1v) is 12.2. The van der Waals surface area contributed by atoms with Crippen molar-refractivity contribution in [3.8, 4) is 0 Å². The molecular weight excluding hydrogens is 404 g/mol. The Morgan fingerprint density at radius 3 is 2.19 bits per heavy atom. The molecule has 0 fully saturated rings. The number of esters is 1. The lowest BCUT2D eigenvalue weighted by Crippen LogP contribution is -2.43. The van der Waals surface area contributed by atoms with E-state index >= 15 is 0 Å². The Labute approximate surface area is 195 Å². The van der Waals surface area contributed by atoms with E-state index in [1.165, 1.54) is 39.2 Å². The Hall–Kier alpha value is -2.08. The molecule has 182 valence electrons. The fourth-order valence-electron chi connectivity index (χ4n) is 3.76. The number of methoxy groups -OCH3 is 1. The molecule has 1 aromatic carbocycles. The summed E-state index contributed by atoms with van der Waals surface area (Å²) in [5, 5.41) is 0. The highest BCUT2D eigenvalue weighted by molar-refractivity contribution is 5.72. The number of ether oxygens (including phenoxy) is 2. The highest BCUT2D eigenvalue weighted by Crippen LogP contribution is 2.18. The highest BCUT2D eigenvalue weighted by Gasteiger charge is 2.27. The number of hydrogen-bond donors (Lipinski definition) is 0. The zero-order valence-corrected chi connectivity index (χ0v) is 20.7. The molecule has 0 N–H and O–H groups in total. The van der Waals surface area contributed by atoms with Crippen molar-refractivity contribution < 1.29 is 19.1 Å². The normalized spacial score (nSPS) is 11.9. The van der Waals surface area contributed by atoms with E-state index in [1.54, 1.807) is 4.90 Å². The average Bonchev–Trinajstić information content (AvgIpc) is 2.79. The van der Waals surface area contributed by atoms with E-state index < -0.39 is 0 Å². The molecule has 0 saturated heterocycles. The van der Waals surface area contributed by atoms with E-state index in [1.807, 2.05) is 44.4 Å². The first kappa shape index (κ1) is 28.0. The first-order chi connectivity index (χ1) is 15.5. The van der Waals surface area contributed by atoms with E-state index in [9.17, 15) is 9.59 Å². The molecule has 6 nitrogen and oxygen atoms in total. The fourth-order valence-corrected chi connectivity index (χ4v) is 3.76. The van der Waals surface area contributed by atoms with Gasteiger partial charge in [0.15, 0.2) is 0 Å². The number of carbonyl (C=O) groups excluding carboxylic acids is 2. The van der Waals surface area contributed by atoms with Crippen molar-refractivity contribution in [2.75, 3.05) is 34.3 Å². The van der Waals surface area contributed by atoms with Crippen LogP contribution in [0.4, 0.5) is 4.79 Å². The molecule has 1 amide bonds. The van der Waals surface area contributed by atoms with Crippen LogP contribution in [0.3, 0.4) is 0 Å². The summed E-state index contributed by atoms with van der Waals surface area (Å²) in [5.41, 5.74) is 0.950. The van der Waals surface area contributed by atoms with Crippen LogP contribution in [0.5, 0.6) is 0 Å². The summed E-state index contributed by atoms with van der Waals surface area (Å²) in [7, 11) is 5.43. The number of hydrogen-bond acceptors (Lipinski definition) is 5. The summed E-state index contributed by atoms with van der Waals surface area (Å²) in [6.45, 7) is 3.88. The van der Waals surface area contributed by atoms with Gasteiger partial charge in [0.05, 0.1) is 13.5 Å². The van der Waals surface area contributed by atoms with Gasteiger partial charge in [0, 0.05) is 12.6 Å². The van der Waals surface area contributed by atoms with Crippen molar-refractivity contribution in [3.63, 3.8) is 0 Å². The predicted molar refractivity (Wildman–Crippen MR) is 130 cm³/mol. The van der Waals surface area contributed by atoms with Gasteiger partial charge in [-0.05, 0) is 39.0 Å². The summed E-state index contributed by atoms with van der Waals surface area (Å²) in [4.78, 5) is 29.0. The van der Waals surface area contributed by atoms with Crippen LogP contribution in [0.15, 0.2) is 30.3 Å². The fraction of sp³-hybridized carbons (Fsp3) is 0.692. The maximum absolute atomic E-state index is 13.0. The Morgan fingerprint density at radius 2 is 1.56 bits per heavy atom. The molecule has 0 spiro atoms. The molecule has 0 aliphatic heterocycles. The van der Waals surface area contributed by atoms with Crippen LogP contribution in [0.2, 0.25) is 0 Å². The summed E-state index contributed by atoms with van der Waals surface area (Å²) in [6.07, 6.45) is 9.82. The molecule has 0 saturated carbocycles. The van der Waals surface area contributed by atoms with Gasteiger partial charge in [-0.1, -0.05) is 82.2 Å². The predicted octanol–water partition coefficient (Wildman–Crippen LogP) is 5.65. The third kappa shape index (κ3) is 12.7. The molecule has 32 heavy (non-hydrogen) atoms. The minimum atomic E-state index is -0.357. The van der Waals surface area contributed by atoms with Crippen LogP contribution < -0.4 is 0 Å². The molecule has 0 heterocycles. The maximum atomic E-state index is 13.0. The second-order valence-corrected chi connectivity index (χ2v) is 8.73. The zero-order valence-electron chi connectivity index (χ0n) is 20.7. The molecule has 1 aromatic rings. The molecule has 0 bridgehead atoms. The quantitative estimate of drug-likeness (QED) is 0.228. The van der Waals surface area contributed by atoms with Crippen LogP contribution in [0.25, 0.3) is 0 Å². The molecule has 1 rings (SSSR count). The minimum Gasteiger partial charge on any atom is -0.469 e. The SMILES string of the molecule is CCCCCCCCCC(CC(=O)OC)N(CCCN(C)C)C(=O)OCc1ccccc1. The van der Waals surface area contributed by atoms with Gasteiger partial charge in [-0.3, -0.25) is 4.79 Å². The van der Waals surface area contributed by atoms with Crippen LogP contribution in [-0.4, -0.2) is 62.2 Å². The molecule has 0 aliphatic rings. The number of carbonyl (C=O) groups is 2. The average molecular weight is 449 g/mol. The summed E-state index contributed by atoms with van der Waals surface area (Å²) in [6, 6.07) is 9.47. The maximum Gasteiger partial charge on any atom is 0.410 e. The van der Waals surface area contributed by atoms with Gasteiger partial charge in [0.25, 0.3) is 0 Å². The van der Waals surface area contributed by atoms with Gasteiger partial charge in [0.2, 0.25) is 0 Å². The Bertz CT molecular complexity index is 622. The Kier molecular flexibility index (Phi) is 15.3. The van der Waals surface area contributed by atoms with Crippen LogP contribution in [-0.2, 0) is 20.9 Å². The standard InChI is InChI=1S/C26H44N2O4/c1-5-6-7-8-9-10-14-18-24(21-25(29)31-4)28(20-15-19-27(2)3)26(30)32-22-23-16-12-11-13-17-23/h11-13,16-17,24H,5-10,14-15,18-22H2,1-4H3. The summed E-state index contributed by atoms with van der Waals surface area (Å²) < 4.78 is 10.6. The number of rotatable bonds is 17. The van der Waals surface area contributed by atoms with Crippen LogP contribution >= 0.6 is 0 Å². The van der Waals surface area contributed by atoms with Gasteiger partial charge in [-0.15, -0.1) is 0 Å². The lowest BCUT2D eigenvalue weighted by Gasteiger charge is -2.31. The minimum absolute atomic E-state index is 0.203. The highest BCUT2D eigenvalue weighted by atomic mass is 16.6. The van der Waals surface area contributed by atoms with Gasteiger partial charge < -0.3 is 19.3 Å². The molecule has 1 unspecified atom stereocenters. The molecule has 6 heteroatoms. The van der Waals surface area contributed by atoms with Crippen LogP contribution in [0.1, 0.15) is 76.7 Å². The monoisotopic (exact) mass is 448 g/mol. The number of unbranched alkanes of at least 4 members (excludes halogenated alkanes) is 6. The van der Waals surface area contributed by atoms with Crippen molar-refractivity contribution in [3.05, 3.63) is 35.9 Å². The van der Waals surface area contributed by atoms with E-state index in [0.717, 1.165) is 37.8 Å². The van der Waals surface area contributed by atoms with Gasteiger partial charge >= 0.3 is 12.1 Å². The summed E-state index contributed by atoms with van der Waals surface area (Å²) in [5.74, 6) is -0.286. The second-order valence-electron chi connectivity index (χ2n) is 8.73. The van der Waals surface area contributed by atoms with Crippen molar-refractivity contribution in [1.29, 1.82) is 0 Å². The topological polar surface area (TPSA) is 59.1 Å². The van der Waals surface area contributed by atoms with Crippen molar-refractivity contribution in [2.24, 2.45) is 0 Å². The largest absolute Gasteiger partial charge is 0.469 e. The third-order valence-electron chi connectivity index (χ3n) is 5.66. The molecule has 1 atom stereocenters. The van der Waals surface area contributed by atoms with Gasteiger partial charge in [0.1, 0.15) is 6.61 Å². The molecule has 0 radical (unpaired) electrons. The second kappa shape index (κ2) is 17.5. The Morgan fingerprint density at radius 1 is 0.906 bits per heavy atom. The number of benzene rings is 1. The first-order valence-electron chi connectivity index (χ1n) is 12.2. The van der Waals surface area contributed by atoms with Gasteiger partial charge in [-0.2, -0.15) is 0 Å². The zero-order chi connectivity index (χ0) is 23.6. The molecule has 0 aromatic heterocycles. The van der Waals surface area contributed by atoms with Crippen LogP contribution in [0, 0.1) is 0 Å². The van der Waals surface area contributed by atoms with E-state index in [4.69, 9.17) is 9.47 Å². The van der Waals surface area contributed by atoms with Crippen molar-refractivity contribution >= 4 is 12.1 Å². The van der Waals surface area contributed by atoms with E-state index in [2.05, 4.69) is 11.8 Å². The molecular formula is C26H44N2O4. The number of nitrogens with zero attached hydrogens (tertiary/aromatic N) is 2. The molecule has 0 aliphatic carbocycles. The van der Waals surface area contributed by atoms with Crippen molar-refractivity contribution in [2.45, 2.75) is 83.8 Å². The number of amides is 1. The lowest BCUT2D eigenvalue weighted by molar-refractivity contribution is -0.142. The van der Waals surface area contributed by atoms with E-state index in [-0.39, 0.29) is 31.1 Å². The summed E-state index contributed by atoms with van der Waals surface area (Å²) >= 11 is 0. The van der Waals surface area contributed by atoms with Crippen molar-refractivity contribution in [1.82, 2.24) is 9.80 Å². The Balaban J connectivity index is 2.75. The van der Waals surface area contributed by atoms with Gasteiger partial charge in [-0.25, -0.2) is 4.79 Å². The lowest BCUT2D eigenvalue weighted by atomic mass is 10.0. The smallest absolute Gasteiger partial charge is 0.410 e. The third-order valence-corrected chi connectivity index (χ3v) is 5.66.